The molecule has 22 heavy (non-hydrogen) atoms. The van der Waals surface area contributed by atoms with Crippen molar-refractivity contribution in [3.05, 3.63) is 57.3 Å². The number of nitrogen functional groups attached to an aromatic ring is 1. The van der Waals surface area contributed by atoms with Crippen molar-refractivity contribution in [1.29, 1.82) is 0 Å². The first-order valence-corrected chi connectivity index (χ1v) is 7.74. The van der Waals surface area contributed by atoms with Crippen LogP contribution < -0.4 is 11.3 Å². The average Bonchev–Trinajstić information content (AvgIpc) is 2.86. The molecule has 112 valence electrons. The third-order valence-electron chi connectivity index (χ3n) is 2.83. The highest BCUT2D eigenvalue weighted by molar-refractivity contribution is 7.98. The van der Waals surface area contributed by atoms with Crippen molar-refractivity contribution in [2.24, 2.45) is 0 Å². The summed E-state index contributed by atoms with van der Waals surface area (Å²) in [6.07, 6.45) is 0. The molecule has 0 aliphatic carbocycles. The summed E-state index contributed by atoms with van der Waals surface area (Å²) in [5.74, 6) is 1.40. The van der Waals surface area contributed by atoms with Crippen LogP contribution in [0.5, 0.6) is 0 Å². The minimum absolute atomic E-state index is 0.188. The van der Waals surface area contributed by atoms with Crippen molar-refractivity contribution in [3.8, 4) is 5.69 Å². The van der Waals surface area contributed by atoms with Crippen LogP contribution in [0.25, 0.3) is 5.69 Å². The highest BCUT2D eigenvalue weighted by Gasteiger charge is 2.09. The fourth-order valence-electron chi connectivity index (χ4n) is 1.92. The Hall–Kier alpha value is -2.39. The Labute approximate surface area is 134 Å². The van der Waals surface area contributed by atoms with Gasteiger partial charge in [-0.25, -0.2) is 4.98 Å². The van der Waals surface area contributed by atoms with Gasteiger partial charge in [0.1, 0.15) is 11.6 Å². The summed E-state index contributed by atoms with van der Waals surface area (Å²) >= 11 is 6.60. The van der Waals surface area contributed by atoms with Gasteiger partial charge in [-0.2, -0.15) is 5.10 Å². The van der Waals surface area contributed by atoms with E-state index in [9.17, 15) is 4.79 Å². The quantitative estimate of drug-likeness (QED) is 0.383. The Morgan fingerprint density at radius 2 is 2.09 bits per heavy atom. The van der Waals surface area contributed by atoms with Crippen molar-refractivity contribution >= 4 is 29.8 Å². The zero-order chi connectivity index (χ0) is 15.5. The predicted octanol–water partition coefficient (Wildman–Crippen LogP) is 1.89. The second kappa shape index (κ2) is 6.16. The number of benzene rings is 1. The minimum atomic E-state index is -0.281. The third-order valence-corrected chi connectivity index (χ3v) is 3.98. The molecule has 0 atom stereocenters. The summed E-state index contributed by atoms with van der Waals surface area (Å²) in [5.41, 5.74) is 6.21. The number of nitrogens with zero attached hydrogens (tertiary/aromatic N) is 3. The largest absolute Gasteiger partial charge is 0.383 e. The van der Waals surface area contributed by atoms with Crippen LogP contribution in [-0.4, -0.2) is 24.7 Å². The molecular weight excluding hydrogens is 320 g/mol. The van der Waals surface area contributed by atoms with Crippen LogP contribution in [-0.2, 0) is 5.75 Å². The molecule has 0 radical (unpaired) electrons. The number of nitrogens with two attached hydrogens (primary N) is 1. The fraction of sp³-hybridized carbons (Fsp3) is 0.0769. The van der Waals surface area contributed by atoms with Gasteiger partial charge in [0.05, 0.1) is 5.75 Å². The molecule has 0 amide bonds. The summed E-state index contributed by atoms with van der Waals surface area (Å²) in [6, 6.07) is 10.9. The summed E-state index contributed by atoms with van der Waals surface area (Å²) in [4.78, 5) is 18.1. The van der Waals surface area contributed by atoms with Crippen molar-refractivity contribution in [2.45, 2.75) is 10.9 Å². The van der Waals surface area contributed by atoms with Crippen LogP contribution >= 0.6 is 24.0 Å². The van der Waals surface area contributed by atoms with Gasteiger partial charge in [0, 0.05) is 11.8 Å². The van der Waals surface area contributed by atoms with E-state index < -0.39 is 0 Å². The molecule has 7 nitrogen and oxygen atoms in total. The summed E-state index contributed by atoms with van der Waals surface area (Å²) < 4.78 is 2.35. The maximum atomic E-state index is 11.4. The lowest BCUT2D eigenvalue weighted by Gasteiger charge is -2.06. The lowest BCUT2D eigenvalue weighted by atomic mass is 10.3. The van der Waals surface area contributed by atoms with E-state index >= 15 is 0 Å². The third kappa shape index (κ3) is 3.10. The van der Waals surface area contributed by atoms with E-state index in [-0.39, 0.29) is 11.4 Å². The smallest absolute Gasteiger partial charge is 0.253 e. The van der Waals surface area contributed by atoms with E-state index in [1.54, 1.807) is 0 Å². The Morgan fingerprint density at radius 1 is 1.32 bits per heavy atom. The standard InChI is InChI=1S/C13H12N6OS2/c14-9-6-11(20)16-12(15-9)22-7-10-17-18-13(21)19(10)8-4-2-1-3-5-8/h1-6H,7H2,(H,18,21)(H3,14,15,16,20). The molecule has 3 aromatic rings. The number of H-pyrrole nitrogens is 2. The predicted molar refractivity (Wildman–Crippen MR) is 87.6 cm³/mol. The molecule has 1 aromatic carbocycles. The van der Waals surface area contributed by atoms with Gasteiger partial charge in [-0.15, -0.1) is 0 Å². The highest BCUT2D eigenvalue weighted by atomic mass is 32.2. The number of aromatic nitrogens is 5. The van der Waals surface area contributed by atoms with Gasteiger partial charge < -0.3 is 10.7 Å². The number of anilines is 1. The van der Waals surface area contributed by atoms with Gasteiger partial charge >= 0.3 is 0 Å². The summed E-state index contributed by atoms with van der Waals surface area (Å²) in [5, 5.41) is 7.45. The zero-order valence-corrected chi connectivity index (χ0v) is 12.9. The first-order chi connectivity index (χ1) is 10.6. The fourth-order valence-corrected chi connectivity index (χ4v) is 2.98. The molecule has 0 saturated heterocycles. The average molecular weight is 332 g/mol. The molecule has 0 bridgehead atoms. The molecular formula is C13H12N6OS2. The molecule has 2 aromatic heterocycles. The molecule has 3 rings (SSSR count). The second-order valence-electron chi connectivity index (χ2n) is 4.38. The van der Waals surface area contributed by atoms with Crippen LogP contribution in [0, 0.1) is 4.77 Å². The van der Waals surface area contributed by atoms with E-state index in [0.29, 0.717) is 15.7 Å². The monoisotopic (exact) mass is 332 g/mol. The lowest BCUT2D eigenvalue weighted by Crippen LogP contribution is -2.09. The summed E-state index contributed by atoms with van der Waals surface area (Å²) in [6.45, 7) is 0. The molecule has 0 fully saturated rings. The van der Waals surface area contributed by atoms with E-state index in [4.69, 9.17) is 18.0 Å². The lowest BCUT2D eigenvalue weighted by molar-refractivity contribution is 0.923. The number of hydrogen-bond acceptors (Lipinski definition) is 6. The Balaban J connectivity index is 1.88. The first kappa shape index (κ1) is 14.5. The van der Waals surface area contributed by atoms with Crippen LogP contribution in [0.15, 0.2) is 46.3 Å². The Bertz CT molecular complexity index is 899. The Kier molecular flexibility index (Phi) is 4.07. The van der Waals surface area contributed by atoms with Gasteiger partial charge in [0.15, 0.2) is 9.93 Å². The SMILES string of the molecule is Nc1cc(=O)[nH]c(SCc2n[nH]c(=S)n2-c2ccccc2)n1. The maximum Gasteiger partial charge on any atom is 0.253 e. The summed E-state index contributed by atoms with van der Waals surface area (Å²) in [7, 11) is 0. The molecule has 0 unspecified atom stereocenters. The zero-order valence-electron chi connectivity index (χ0n) is 11.3. The molecule has 0 spiro atoms. The molecule has 0 aliphatic rings. The van der Waals surface area contributed by atoms with Gasteiger partial charge in [0.2, 0.25) is 0 Å². The van der Waals surface area contributed by atoms with E-state index in [0.717, 1.165) is 11.5 Å². The second-order valence-corrected chi connectivity index (χ2v) is 5.73. The number of hydrogen-bond donors (Lipinski definition) is 3. The topological polar surface area (TPSA) is 105 Å². The molecule has 4 N–H and O–H groups in total. The van der Waals surface area contributed by atoms with Crippen LogP contribution in [0.4, 0.5) is 5.82 Å². The maximum absolute atomic E-state index is 11.4. The first-order valence-electron chi connectivity index (χ1n) is 6.35. The van der Waals surface area contributed by atoms with Crippen LogP contribution in [0.1, 0.15) is 5.82 Å². The van der Waals surface area contributed by atoms with Gasteiger partial charge in [-0.05, 0) is 24.4 Å². The van der Waals surface area contributed by atoms with Crippen molar-refractivity contribution < 1.29 is 0 Å². The van der Waals surface area contributed by atoms with Crippen molar-refractivity contribution in [1.82, 2.24) is 24.7 Å². The molecule has 0 aliphatic heterocycles. The van der Waals surface area contributed by atoms with Gasteiger partial charge in [-0.3, -0.25) is 14.5 Å². The van der Waals surface area contributed by atoms with E-state index in [1.165, 1.54) is 17.8 Å². The van der Waals surface area contributed by atoms with Gasteiger partial charge in [-0.1, -0.05) is 30.0 Å². The Morgan fingerprint density at radius 3 is 2.82 bits per heavy atom. The molecule has 2 heterocycles. The number of thioether (sulfide) groups is 1. The van der Waals surface area contributed by atoms with Crippen LogP contribution in [0.2, 0.25) is 0 Å². The van der Waals surface area contributed by atoms with E-state index in [1.807, 2.05) is 34.9 Å². The molecule has 9 heteroatoms. The highest BCUT2D eigenvalue weighted by Crippen LogP contribution is 2.20. The van der Waals surface area contributed by atoms with Crippen LogP contribution in [0.3, 0.4) is 0 Å². The molecule has 0 saturated carbocycles. The van der Waals surface area contributed by atoms with E-state index in [2.05, 4.69) is 20.2 Å². The number of para-hydroxylation sites is 1. The number of aromatic amines is 2. The number of rotatable bonds is 4. The number of nitrogens with one attached hydrogen (secondary N) is 2. The van der Waals surface area contributed by atoms with Crippen molar-refractivity contribution in [2.75, 3.05) is 5.73 Å². The van der Waals surface area contributed by atoms with Crippen molar-refractivity contribution in [3.63, 3.8) is 0 Å². The van der Waals surface area contributed by atoms with Gasteiger partial charge in [0.25, 0.3) is 5.56 Å². The minimum Gasteiger partial charge on any atom is -0.383 e. The normalized spacial score (nSPS) is 10.7.